The Kier molecular flexibility index (Phi) is 4.70. The molecule has 0 spiro atoms. The van der Waals surface area contributed by atoms with E-state index in [1.807, 2.05) is 0 Å². The van der Waals surface area contributed by atoms with Crippen molar-refractivity contribution in [3.63, 3.8) is 0 Å². The minimum atomic E-state index is -1.42. The van der Waals surface area contributed by atoms with Crippen LogP contribution in [0.4, 0.5) is 5.69 Å². The lowest BCUT2D eigenvalue weighted by molar-refractivity contribution is -0.384. The number of aliphatic hydroxyl groups excluding tert-OH is 4. The van der Waals surface area contributed by atoms with Gasteiger partial charge in [0.2, 0.25) is 6.29 Å². The summed E-state index contributed by atoms with van der Waals surface area (Å²) in [7, 11) is 0. The van der Waals surface area contributed by atoms with E-state index in [9.17, 15) is 25.4 Å². The van der Waals surface area contributed by atoms with Gasteiger partial charge in [-0.25, -0.2) is 0 Å². The predicted octanol–water partition coefficient (Wildman–Crippen LogP) is -1.23. The number of non-ortho nitro benzene ring substituents is 1. The topological polar surface area (TPSA) is 143 Å². The largest absolute Gasteiger partial charge is 0.462 e. The Balaban J connectivity index is 2.04. The van der Waals surface area contributed by atoms with Gasteiger partial charge in [0.15, 0.2) is 0 Å². The van der Waals surface area contributed by atoms with E-state index < -0.39 is 42.2 Å². The van der Waals surface area contributed by atoms with Crippen LogP contribution in [0, 0.1) is 10.1 Å². The third kappa shape index (κ3) is 3.28. The van der Waals surface area contributed by atoms with Gasteiger partial charge in [-0.2, -0.15) is 0 Å². The number of aliphatic hydroxyl groups is 4. The van der Waals surface area contributed by atoms with Crippen LogP contribution in [0.25, 0.3) is 0 Å². The van der Waals surface area contributed by atoms with Gasteiger partial charge in [-0.05, 0) is 12.1 Å². The van der Waals surface area contributed by atoms with Crippen molar-refractivity contribution >= 4 is 5.69 Å². The molecule has 0 saturated carbocycles. The van der Waals surface area contributed by atoms with Crippen LogP contribution in [0.3, 0.4) is 0 Å². The molecule has 4 N–H and O–H groups in total. The summed E-state index contributed by atoms with van der Waals surface area (Å²) >= 11 is 0. The molecule has 0 bridgehead atoms. The molecule has 1 aromatic carbocycles. The van der Waals surface area contributed by atoms with Crippen LogP contribution in [0.5, 0.6) is 5.75 Å². The first-order chi connectivity index (χ1) is 9.93. The molecule has 1 aromatic rings. The molecule has 0 aliphatic carbocycles. The summed E-state index contributed by atoms with van der Waals surface area (Å²) in [5, 5.41) is 48.3. The minimum absolute atomic E-state index is 0.121. The van der Waals surface area contributed by atoms with Crippen molar-refractivity contribution in [2.24, 2.45) is 0 Å². The summed E-state index contributed by atoms with van der Waals surface area (Å²) in [4.78, 5) is 9.95. The number of nitro groups is 1. The van der Waals surface area contributed by atoms with Gasteiger partial charge in [0.1, 0.15) is 30.2 Å². The van der Waals surface area contributed by atoms with Crippen molar-refractivity contribution in [2.75, 3.05) is 6.61 Å². The van der Waals surface area contributed by atoms with E-state index >= 15 is 0 Å². The molecule has 9 heteroatoms. The summed E-state index contributed by atoms with van der Waals surface area (Å²) in [6.45, 7) is -0.640. The van der Waals surface area contributed by atoms with Gasteiger partial charge in [0.05, 0.1) is 11.5 Å². The lowest BCUT2D eigenvalue weighted by atomic mass is 10.1. The Morgan fingerprint density at radius 3 is 2.43 bits per heavy atom. The van der Waals surface area contributed by atoms with E-state index in [0.29, 0.717) is 0 Å². The standard InChI is InChI=1S/C12H15NO8/c14-5-8(15)11-9(16)10(17)12(21-11)20-7-3-1-6(2-4-7)13(18)19/h1-4,8-12,14-17H,5H2/t8-,9-,10-,11+,12-/m1/s1. The van der Waals surface area contributed by atoms with Gasteiger partial charge < -0.3 is 29.9 Å². The van der Waals surface area contributed by atoms with Crippen molar-refractivity contribution < 1.29 is 34.8 Å². The van der Waals surface area contributed by atoms with Crippen molar-refractivity contribution in [3.8, 4) is 5.75 Å². The number of nitro benzene ring substituents is 1. The highest BCUT2D eigenvalue weighted by molar-refractivity contribution is 5.36. The van der Waals surface area contributed by atoms with Gasteiger partial charge in [0, 0.05) is 12.1 Å². The molecular weight excluding hydrogens is 286 g/mol. The van der Waals surface area contributed by atoms with E-state index in [2.05, 4.69) is 0 Å². The Morgan fingerprint density at radius 2 is 1.90 bits per heavy atom. The first kappa shape index (κ1) is 15.6. The molecule has 116 valence electrons. The van der Waals surface area contributed by atoms with Crippen LogP contribution in [-0.4, -0.2) is 62.7 Å². The molecule has 1 saturated heterocycles. The number of nitrogens with zero attached hydrogens (tertiary/aromatic N) is 1. The summed E-state index contributed by atoms with van der Waals surface area (Å²) in [6, 6.07) is 5.06. The maximum absolute atomic E-state index is 10.5. The van der Waals surface area contributed by atoms with Crippen LogP contribution in [0.2, 0.25) is 0 Å². The lowest BCUT2D eigenvalue weighted by Crippen LogP contribution is -2.40. The number of ether oxygens (including phenoxy) is 2. The van der Waals surface area contributed by atoms with E-state index in [-0.39, 0.29) is 11.4 Å². The fourth-order valence-corrected chi connectivity index (χ4v) is 1.97. The van der Waals surface area contributed by atoms with E-state index in [4.69, 9.17) is 14.6 Å². The van der Waals surface area contributed by atoms with Crippen LogP contribution in [-0.2, 0) is 4.74 Å². The highest BCUT2D eigenvalue weighted by Gasteiger charge is 2.47. The molecule has 1 aliphatic rings. The molecule has 9 nitrogen and oxygen atoms in total. The number of rotatable bonds is 5. The first-order valence-corrected chi connectivity index (χ1v) is 6.15. The lowest BCUT2D eigenvalue weighted by Gasteiger charge is -2.18. The van der Waals surface area contributed by atoms with Gasteiger partial charge in [-0.15, -0.1) is 0 Å². The number of hydrogen-bond donors (Lipinski definition) is 4. The Morgan fingerprint density at radius 1 is 1.29 bits per heavy atom. The van der Waals surface area contributed by atoms with Gasteiger partial charge in [-0.3, -0.25) is 10.1 Å². The van der Waals surface area contributed by atoms with Crippen LogP contribution < -0.4 is 4.74 Å². The zero-order valence-corrected chi connectivity index (χ0v) is 10.8. The molecule has 1 heterocycles. The van der Waals surface area contributed by atoms with E-state index in [1.54, 1.807) is 0 Å². The zero-order valence-electron chi connectivity index (χ0n) is 10.8. The molecule has 0 amide bonds. The summed E-state index contributed by atoms with van der Waals surface area (Å²) in [5.74, 6) is 0.191. The van der Waals surface area contributed by atoms with Crippen molar-refractivity contribution in [2.45, 2.75) is 30.7 Å². The first-order valence-electron chi connectivity index (χ1n) is 6.15. The molecule has 5 atom stereocenters. The zero-order chi connectivity index (χ0) is 15.6. The van der Waals surface area contributed by atoms with Crippen molar-refractivity contribution in [1.82, 2.24) is 0 Å². The average Bonchev–Trinajstić information content (AvgIpc) is 2.75. The molecule has 1 aliphatic heterocycles. The third-order valence-electron chi connectivity index (χ3n) is 3.12. The monoisotopic (exact) mass is 301 g/mol. The Hall–Kier alpha value is -1.78. The number of hydrogen-bond acceptors (Lipinski definition) is 8. The van der Waals surface area contributed by atoms with Gasteiger partial charge in [-0.1, -0.05) is 0 Å². The van der Waals surface area contributed by atoms with Crippen molar-refractivity contribution in [1.29, 1.82) is 0 Å². The quantitative estimate of drug-likeness (QED) is 0.391. The maximum atomic E-state index is 10.5. The van der Waals surface area contributed by atoms with E-state index in [0.717, 1.165) is 0 Å². The SMILES string of the molecule is O=[N+]([O-])c1ccc(O[C@@H]2O[C@@H]([C@H](O)CO)[C@H](O)[C@H]2O)cc1. The fourth-order valence-electron chi connectivity index (χ4n) is 1.97. The molecule has 0 unspecified atom stereocenters. The third-order valence-corrected chi connectivity index (χ3v) is 3.12. The Labute approximate surface area is 119 Å². The maximum Gasteiger partial charge on any atom is 0.269 e. The van der Waals surface area contributed by atoms with Gasteiger partial charge >= 0.3 is 0 Å². The smallest absolute Gasteiger partial charge is 0.269 e. The van der Waals surface area contributed by atoms with Crippen molar-refractivity contribution in [3.05, 3.63) is 34.4 Å². The summed E-state index contributed by atoms with van der Waals surface area (Å²) < 4.78 is 10.4. The second-order valence-electron chi connectivity index (χ2n) is 4.57. The van der Waals surface area contributed by atoms with Crippen LogP contribution >= 0.6 is 0 Å². The fraction of sp³-hybridized carbons (Fsp3) is 0.500. The van der Waals surface area contributed by atoms with E-state index in [1.165, 1.54) is 24.3 Å². The molecule has 21 heavy (non-hydrogen) atoms. The second kappa shape index (κ2) is 6.33. The second-order valence-corrected chi connectivity index (χ2v) is 4.57. The molecule has 1 fully saturated rings. The number of benzene rings is 1. The van der Waals surface area contributed by atoms with Gasteiger partial charge in [0.25, 0.3) is 5.69 Å². The summed E-state index contributed by atoms with van der Waals surface area (Å²) in [5.41, 5.74) is -0.121. The van der Waals surface area contributed by atoms with Crippen LogP contribution in [0.1, 0.15) is 0 Å². The predicted molar refractivity (Wildman–Crippen MR) is 67.5 cm³/mol. The highest BCUT2D eigenvalue weighted by atomic mass is 16.7. The normalized spacial score (nSPS) is 30.1. The molecule has 0 radical (unpaired) electrons. The molecule has 2 rings (SSSR count). The molecule has 0 aromatic heterocycles. The van der Waals surface area contributed by atoms with Crippen LogP contribution in [0.15, 0.2) is 24.3 Å². The Bertz CT molecular complexity index is 493. The molecular formula is C12H15NO8. The highest BCUT2D eigenvalue weighted by Crippen LogP contribution is 2.27. The summed E-state index contributed by atoms with van der Waals surface area (Å²) in [6.07, 6.45) is -6.65. The average molecular weight is 301 g/mol. The minimum Gasteiger partial charge on any atom is -0.462 e.